The predicted octanol–water partition coefficient (Wildman–Crippen LogP) is 3.70. The van der Waals surface area contributed by atoms with E-state index >= 15 is 0 Å². The molecule has 1 saturated heterocycles. The summed E-state index contributed by atoms with van der Waals surface area (Å²) in [6.07, 6.45) is 4.00. The summed E-state index contributed by atoms with van der Waals surface area (Å²) in [6.45, 7) is 6.66. The lowest BCUT2D eigenvalue weighted by Gasteiger charge is -2.38. The normalized spacial score (nSPS) is 15.6. The first-order valence-corrected chi connectivity index (χ1v) is 14.6. The zero-order chi connectivity index (χ0) is 31.7. The molecule has 11 nitrogen and oxygen atoms in total. The maximum Gasteiger partial charge on any atom is 0.350 e. The molecular formula is C32H34F2N8O3. The van der Waals surface area contributed by atoms with Crippen LogP contribution in [0.15, 0.2) is 84.4 Å². The number of methoxy groups -OCH3 is 1. The Hall–Kier alpha value is -5.04. The van der Waals surface area contributed by atoms with E-state index in [4.69, 9.17) is 4.74 Å². The van der Waals surface area contributed by atoms with Gasteiger partial charge in [-0.05, 0) is 61.9 Å². The van der Waals surface area contributed by atoms with Crippen molar-refractivity contribution in [1.29, 1.82) is 0 Å². The molecule has 1 aliphatic heterocycles. The third kappa shape index (κ3) is 5.78. The number of rotatable bonds is 9. The molecule has 0 radical (unpaired) electrons. The Balaban J connectivity index is 1.21. The Morgan fingerprint density at radius 2 is 1.64 bits per heavy atom. The lowest BCUT2D eigenvalue weighted by atomic mass is 9.86. The van der Waals surface area contributed by atoms with Gasteiger partial charge in [-0.2, -0.15) is 10.2 Å². The Morgan fingerprint density at radius 1 is 0.933 bits per heavy atom. The van der Waals surface area contributed by atoms with E-state index in [9.17, 15) is 18.7 Å². The molecule has 0 aliphatic carbocycles. The second-order valence-electron chi connectivity index (χ2n) is 11.2. The summed E-state index contributed by atoms with van der Waals surface area (Å²) >= 11 is 0. The van der Waals surface area contributed by atoms with Gasteiger partial charge in [0.1, 0.15) is 42.0 Å². The van der Waals surface area contributed by atoms with E-state index in [-0.39, 0.29) is 12.1 Å². The molecule has 3 heterocycles. The highest BCUT2D eigenvalue weighted by Crippen LogP contribution is 2.36. The van der Waals surface area contributed by atoms with Gasteiger partial charge in [0.15, 0.2) is 0 Å². The van der Waals surface area contributed by atoms with E-state index < -0.39 is 29.0 Å². The van der Waals surface area contributed by atoms with Gasteiger partial charge in [-0.15, -0.1) is 0 Å². The summed E-state index contributed by atoms with van der Waals surface area (Å²) in [6, 6.07) is 15.6. The molecule has 1 aliphatic rings. The van der Waals surface area contributed by atoms with Crippen molar-refractivity contribution in [3.05, 3.63) is 113 Å². The van der Waals surface area contributed by atoms with Gasteiger partial charge in [-0.3, -0.25) is 0 Å². The molecule has 0 amide bonds. The topological polar surface area (TPSA) is 106 Å². The number of ether oxygens (including phenoxy) is 1. The zero-order valence-corrected chi connectivity index (χ0v) is 25.2. The first-order valence-electron chi connectivity index (χ1n) is 14.6. The SMILES string of the molecule is COc1ccc(C)cc1N1CCN(c2ccc(-n3cnn([C@@H](C)[C@@](O)(Cn4cncn4)c4ccc(F)cc4F)c3=O)cc2)CC1. The van der Waals surface area contributed by atoms with E-state index in [0.717, 1.165) is 60.1 Å². The smallest absolute Gasteiger partial charge is 0.350 e. The number of aromatic nitrogens is 6. The van der Waals surface area contributed by atoms with Gasteiger partial charge >= 0.3 is 5.69 Å². The van der Waals surface area contributed by atoms with Gasteiger partial charge in [0.05, 0.1) is 31.1 Å². The van der Waals surface area contributed by atoms with Crippen LogP contribution in [0.5, 0.6) is 5.75 Å². The van der Waals surface area contributed by atoms with Gasteiger partial charge in [-0.1, -0.05) is 12.1 Å². The van der Waals surface area contributed by atoms with E-state index in [2.05, 4.69) is 38.0 Å². The third-order valence-electron chi connectivity index (χ3n) is 8.47. The van der Waals surface area contributed by atoms with Crippen LogP contribution in [0.1, 0.15) is 24.1 Å². The fourth-order valence-electron chi connectivity index (χ4n) is 5.88. The van der Waals surface area contributed by atoms with Crippen molar-refractivity contribution in [1.82, 2.24) is 29.1 Å². The highest BCUT2D eigenvalue weighted by Gasteiger charge is 2.42. The lowest BCUT2D eigenvalue weighted by molar-refractivity contribution is -0.0381. The first-order chi connectivity index (χ1) is 21.7. The molecule has 1 N–H and O–H groups in total. The van der Waals surface area contributed by atoms with Crippen LogP contribution in [0.4, 0.5) is 20.2 Å². The number of aryl methyl sites for hydroxylation is 1. The van der Waals surface area contributed by atoms with E-state index in [1.165, 1.54) is 33.8 Å². The van der Waals surface area contributed by atoms with Crippen molar-refractivity contribution >= 4 is 11.4 Å². The second kappa shape index (κ2) is 12.2. The molecule has 3 aromatic carbocycles. The monoisotopic (exact) mass is 616 g/mol. The molecule has 234 valence electrons. The minimum Gasteiger partial charge on any atom is -0.495 e. The Labute approximate surface area is 258 Å². The molecule has 5 aromatic rings. The maximum atomic E-state index is 15.0. The standard InChI is InChI=1S/C32H34F2N8O3/c1-22-4-11-30(45-3)29(16-22)39-14-12-38(13-15-39)25-6-8-26(9-7-25)41-21-37-42(31(41)43)23(2)32(44,18-40-20-35-19-36-40)27-10-5-24(33)17-28(27)34/h4-11,16-17,19-21,23,44H,12-15,18H2,1-3H3/t23-,32-/m0/s1. The number of nitrogens with zero attached hydrogens (tertiary/aromatic N) is 8. The number of benzene rings is 3. The average Bonchev–Trinajstić information content (AvgIpc) is 3.70. The van der Waals surface area contributed by atoms with E-state index in [0.29, 0.717) is 11.8 Å². The fourth-order valence-corrected chi connectivity index (χ4v) is 5.88. The van der Waals surface area contributed by atoms with Crippen molar-refractivity contribution in [2.24, 2.45) is 0 Å². The van der Waals surface area contributed by atoms with E-state index in [1.807, 2.05) is 36.4 Å². The minimum atomic E-state index is -2.02. The summed E-state index contributed by atoms with van der Waals surface area (Å²) in [7, 11) is 1.69. The molecule has 1 fully saturated rings. The third-order valence-corrected chi connectivity index (χ3v) is 8.47. The van der Waals surface area contributed by atoms with Crippen LogP contribution in [0, 0.1) is 18.6 Å². The van der Waals surface area contributed by atoms with Crippen molar-refractivity contribution in [3.8, 4) is 11.4 Å². The number of anilines is 2. The van der Waals surface area contributed by atoms with Gasteiger partial charge in [0.2, 0.25) is 0 Å². The Morgan fingerprint density at radius 3 is 2.31 bits per heavy atom. The van der Waals surface area contributed by atoms with Gasteiger partial charge < -0.3 is 19.6 Å². The summed E-state index contributed by atoms with van der Waals surface area (Å²) in [5, 5.41) is 20.2. The molecule has 45 heavy (non-hydrogen) atoms. The van der Waals surface area contributed by atoms with Crippen LogP contribution in [0.2, 0.25) is 0 Å². The summed E-state index contributed by atoms with van der Waals surface area (Å²) in [4.78, 5) is 22.1. The fraction of sp³-hybridized carbons (Fsp3) is 0.312. The zero-order valence-electron chi connectivity index (χ0n) is 25.2. The van der Waals surface area contributed by atoms with Crippen molar-refractivity contribution in [2.45, 2.75) is 32.0 Å². The van der Waals surface area contributed by atoms with Gasteiger partial charge in [0, 0.05) is 43.5 Å². The average molecular weight is 617 g/mol. The number of piperazine rings is 1. The quantitative estimate of drug-likeness (QED) is 0.267. The number of aliphatic hydroxyl groups is 1. The van der Waals surface area contributed by atoms with Gasteiger partial charge in [-0.25, -0.2) is 32.5 Å². The molecule has 13 heteroatoms. The summed E-state index contributed by atoms with van der Waals surface area (Å²) < 4.78 is 38.1. The number of hydrogen-bond donors (Lipinski definition) is 1. The number of hydrogen-bond acceptors (Lipinski definition) is 8. The van der Waals surface area contributed by atoms with Gasteiger partial charge in [0.25, 0.3) is 0 Å². The molecule has 2 atom stereocenters. The van der Waals surface area contributed by atoms with Crippen LogP contribution in [-0.4, -0.2) is 67.5 Å². The van der Waals surface area contributed by atoms with Crippen LogP contribution < -0.4 is 20.2 Å². The molecule has 6 rings (SSSR count). The first kappa shape index (κ1) is 30.0. The highest BCUT2D eigenvalue weighted by molar-refractivity contribution is 5.61. The van der Waals surface area contributed by atoms with Crippen LogP contribution in [0.25, 0.3) is 5.69 Å². The van der Waals surface area contributed by atoms with Crippen LogP contribution in [0.3, 0.4) is 0 Å². The Kier molecular flexibility index (Phi) is 8.11. The van der Waals surface area contributed by atoms with Crippen LogP contribution >= 0.6 is 0 Å². The molecule has 2 aromatic heterocycles. The minimum absolute atomic E-state index is 0.196. The van der Waals surface area contributed by atoms with Crippen molar-refractivity contribution in [3.63, 3.8) is 0 Å². The Bertz CT molecular complexity index is 1830. The lowest BCUT2D eigenvalue weighted by Crippen LogP contribution is -2.46. The maximum absolute atomic E-state index is 15.0. The number of halogens is 2. The van der Waals surface area contributed by atoms with Crippen molar-refractivity contribution in [2.75, 3.05) is 43.1 Å². The summed E-state index contributed by atoms with van der Waals surface area (Å²) in [5.41, 5.74) is 1.13. The molecule has 0 saturated carbocycles. The van der Waals surface area contributed by atoms with Crippen molar-refractivity contribution < 1.29 is 18.6 Å². The molecular weight excluding hydrogens is 582 g/mol. The van der Waals surface area contributed by atoms with E-state index in [1.54, 1.807) is 14.0 Å². The molecule has 0 bridgehead atoms. The second-order valence-corrected chi connectivity index (χ2v) is 11.2. The highest BCUT2D eigenvalue weighted by atomic mass is 19.1. The summed E-state index contributed by atoms with van der Waals surface area (Å²) in [5.74, 6) is -0.880. The molecule has 0 unspecified atom stereocenters. The molecule has 0 spiro atoms. The predicted molar refractivity (Wildman–Crippen MR) is 165 cm³/mol. The van der Waals surface area contributed by atoms with Crippen LogP contribution in [-0.2, 0) is 12.1 Å². The largest absolute Gasteiger partial charge is 0.495 e.